The molecule has 1 amide bonds. The van der Waals surface area contributed by atoms with Crippen molar-refractivity contribution in [3.8, 4) is 0 Å². The fourth-order valence-electron chi connectivity index (χ4n) is 2.10. The Bertz CT molecular complexity index is 784. The fourth-order valence-corrected chi connectivity index (χ4v) is 2.10. The van der Waals surface area contributed by atoms with Crippen molar-refractivity contribution >= 4 is 16.8 Å². The van der Waals surface area contributed by atoms with Gasteiger partial charge in [0.2, 0.25) is 0 Å². The third-order valence-electron chi connectivity index (χ3n) is 3.21. The number of carbonyl (C=O) groups excluding carboxylic acids is 1. The SMILES string of the molecule is O=C(NCc1cnc2ccccc2c1)c1ccc(F)cc1. The van der Waals surface area contributed by atoms with E-state index in [0.717, 1.165) is 16.5 Å². The van der Waals surface area contributed by atoms with Gasteiger partial charge >= 0.3 is 0 Å². The monoisotopic (exact) mass is 280 g/mol. The molecule has 1 aromatic heterocycles. The number of para-hydroxylation sites is 1. The Morgan fingerprint density at radius 2 is 1.86 bits per heavy atom. The zero-order valence-corrected chi connectivity index (χ0v) is 11.2. The third-order valence-corrected chi connectivity index (χ3v) is 3.21. The van der Waals surface area contributed by atoms with Crippen LogP contribution in [-0.4, -0.2) is 10.9 Å². The van der Waals surface area contributed by atoms with Crippen molar-refractivity contribution < 1.29 is 9.18 Å². The first kappa shape index (κ1) is 13.2. The van der Waals surface area contributed by atoms with E-state index in [9.17, 15) is 9.18 Å². The molecule has 104 valence electrons. The molecule has 0 unspecified atom stereocenters. The van der Waals surface area contributed by atoms with Crippen molar-refractivity contribution in [2.45, 2.75) is 6.54 Å². The summed E-state index contributed by atoms with van der Waals surface area (Å²) in [4.78, 5) is 16.3. The van der Waals surface area contributed by atoms with Crippen LogP contribution in [0.2, 0.25) is 0 Å². The summed E-state index contributed by atoms with van der Waals surface area (Å²) in [6.45, 7) is 0.383. The molecule has 0 radical (unpaired) electrons. The van der Waals surface area contributed by atoms with Crippen LogP contribution in [0.15, 0.2) is 60.8 Å². The minimum absolute atomic E-state index is 0.233. The predicted molar refractivity (Wildman–Crippen MR) is 79.3 cm³/mol. The number of amides is 1. The maximum absolute atomic E-state index is 12.8. The summed E-state index contributed by atoms with van der Waals surface area (Å²) < 4.78 is 12.8. The average molecular weight is 280 g/mol. The summed E-state index contributed by atoms with van der Waals surface area (Å²) in [7, 11) is 0. The summed E-state index contributed by atoms with van der Waals surface area (Å²) in [5.41, 5.74) is 2.28. The Balaban J connectivity index is 1.71. The van der Waals surface area contributed by atoms with Crippen molar-refractivity contribution in [1.29, 1.82) is 0 Å². The van der Waals surface area contributed by atoms with Crippen LogP contribution in [0.5, 0.6) is 0 Å². The summed E-state index contributed by atoms with van der Waals surface area (Å²) in [5.74, 6) is -0.589. The van der Waals surface area contributed by atoms with E-state index in [2.05, 4.69) is 10.3 Å². The third kappa shape index (κ3) is 3.05. The molecule has 0 aliphatic heterocycles. The van der Waals surface area contributed by atoms with Gasteiger partial charge in [-0.25, -0.2) is 4.39 Å². The highest BCUT2D eigenvalue weighted by Gasteiger charge is 2.05. The molecular weight excluding hydrogens is 267 g/mol. The lowest BCUT2D eigenvalue weighted by molar-refractivity contribution is 0.0951. The van der Waals surface area contributed by atoms with Gasteiger partial charge in [-0.15, -0.1) is 0 Å². The summed E-state index contributed by atoms with van der Waals surface area (Å²) in [6.07, 6.45) is 1.74. The second-order valence-electron chi connectivity index (χ2n) is 4.73. The van der Waals surface area contributed by atoms with Gasteiger partial charge in [-0.1, -0.05) is 18.2 Å². The lowest BCUT2D eigenvalue weighted by atomic mass is 10.1. The zero-order valence-electron chi connectivity index (χ0n) is 11.2. The van der Waals surface area contributed by atoms with Gasteiger partial charge in [-0.3, -0.25) is 9.78 Å². The van der Waals surface area contributed by atoms with Crippen LogP contribution in [0.1, 0.15) is 15.9 Å². The molecular formula is C17H13FN2O. The Morgan fingerprint density at radius 3 is 2.67 bits per heavy atom. The number of rotatable bonds is 3. The molecule has 1 heterocycles. The Hall–Kier alpha value is -2.75. The number of aromatic nitrogens is 1. The molecule has 3 aromatic rings. The minimum Gasteiger partial charge on any atom is -0.348 e. The molecule has 0 atom stereocenters. The maximum atomic E-state index is 12.8. The van der Waals surface area contributed by atoms with E-state index < -0.39 is 0 Å². The zero-order chi connectivity index (χ0) is 14.7. The topological polar surface area (TPSA) is 42.0 Å². The molecule has 0 aliphatic rings. The molecule has 3 rings (SSSR count). The van der Waals surface area contributed by atoms with Gasteiger partial charge in [-0.2, -0.15) is 0 Å². The number of fused-ring (bicyclic) bond motifs is 1. The van der Waals surface area contributed by atoms with Crippen LogP contribution >= 0.6 is 0 Å². The van der Waals surface area contributed by atoms with Crippen molar-refractivity contribution in [3.05, 3.63) is 77.7 Å². The number of pyridine rings is 1. The summed E-state index contributed by atoms with van der Waals surface area (Å²) >= 11 is 0. The van der Waals surface area contributed by atoms with Gasteiger partial charge in [0.15, 0.2) is 0 Å². The molecule has 0 fully saturated rings. The van der Waals surface area contributed by atoms with Crippen molar-refractivity contribution in [3.63, 3.8) is 0 Å². The van der Waals surface area contributed by atoms with Crippen LogP contribution in [0.3, 0.4) is 0 Å². The van der Waals surface area contributed by atoms with Crippen LogP contribution in [0.25, 0.3) is 10.9 Å². The quantitative estimate of drug-likeness (QED) is 0.799. The van der Waals surface area contributed by atoms with E-state index in [1.807, 2.05) is 30.3 Å². The largest absolute Gasteiger partial charge is 0.348 e. The van der Waals surface area contributed by atoms with Gasteiger partial charge in [0, 0.05) is 23.7 Å². The number of carbonyl (C=O) groups is 1. The standard InChI is InChI=1S/C17H13FN2O/c18-15-7-5-13(6-8-15)17(21)20-11-12-9-14-3-1-2-4-16(14)19-10-12/h1-10H,11H2,(H,20,21). The molecule has 3 nitrogen and oxygen atoms in total. The van der Waals surface area contributed by atoms with Crippen LogP contribution < -0.4 is 5.32 Å². The average Bonchev–Trinajstić information content (AvgIpc) is 2.53. The Labute approximate surface area is 121 Å². The van der Waals surface area contributed by atoms with E-state index in [1.165, 1.54) is 24.3 Å². The molecule has 21 heavy (non-hydrogen) atoms. The van der Waals surface area contributed by atoms with Crippen molar-refractivity contribution in [2.75, 3.05) is 0 Å². The molecule has 1 N–H and O–H groups in total. The van der Waals surface area contributed by atoms with E-state index >= 15 is 0 Å². The van der Waals surface area contributed by atoms with Gasteiger partial charge in [0.1, 0.15) is 5.82 Å². The predicted octanol–water partition coefficient (Wildman–Crippen LogP) is 3.30. The highest BCUT2D eigenvalue weighted by Crippen LogP contribution is 2.12. The normalized spacial score (nSPS) is 10.5. The highest BCUT2D eigenvalue weighted by molar-refractivity contribution is 5.94. The van der Waals surface area contributed by atoms with Gasteiger partial charge in [0.05, 0.1) is 5.52 Å². The van der Waals surface area contributed by atoms with Crippen molar-refractivity contribution in [1.82, 2.24) is 10.3 Å². The Kier molecular flexibility index (Phi) is 3.60. The smallest absolute Gasteiger partial charge is 0.251 e. The van der Waals surface area contributed by atoms with Crippen LogP contribution in [0.4, 0.5) is 4.39 Å². The molecule has 0 spiro atoms. The Morgan fingerprint density at radius 1 is 1.10 bits per heavy atom. The van der Waals surface area contributed by atoms with Crippen LogP contribution in [0, 0.1) is 5.82 Å². The van der Waals surface area contributed by atoms with E-state index in [1.54, 1.807) is 6.20 Å². The number of hydrogen-bond acceptors (Lipinski definition) is 2. The lowest BCUT2D eigenvalue weighted by Gasteiger charge is -2.06. The summed E-state index contributed by atoms with van der Waals surface area (Å²) in [5, 5.41) is 3.83. The second-order valence-corrected chi connectivity index (χ2v) is 4.73. The molecule has 4 heteroatoms. The number of nitrogens with zero attached hydrogens (tertiary/aromatic N) is 1. The van der Waals surface area contributed by atoms with Gasteiger partial charge < -0.3 is 5.32 Å². The molecule has 2 aromatic carbocycles. The number of halogens is 1. The molecule has 0 bridgehead atoms. The van der Waals surface area contributed by atoms with Crippen molar-refractivity contribution in [2.24, 2.45) is 0 Å². The van der Waals surface area contributed by atoms with E-state index in [4.69, 9.17) is 0 Å². The maximum Gasteiger partial charge on any atom is 0.251 e. The highest BCUT2D eigenvalue weighted by atomic mass is 19.1. The lowest BCUT2D eigenvalue weighted by Crippen LogP contribution is -2.22. The van der Waals surface area contributed by atoms with E-state index in [-0.39, 0.29) is 11.7 Å². The van der Waals surface area contributed by atoms with E-state index in [0.29, 0.717) is 12.1 Å². The first-order valence-corrected chi connectivity index (χ1v) is 6.60. The molecule has 0 aliphatic carbocycles. The number of nitrogens with one attached hydrogen (secondary N) is 1. The minimum atomic E-state index is -0.356. The molecule has 0 saturated carbocycles. The number of hydrogen-bond donors (Lipinski definition) is 1. The van der Waals surface area contributed by atoms with Gasteiger partial charge in [-0.05, 0) is 42.0 Å². The van der Waals surface area contributed by atoms with Gasteiger partial charge in [0.25, 0.3) is 5.91 Å². The second kappa shape index (κ2) is 5.71. The fraction of sp³-hybridized carbons (Fsp3) is 0.0588. The summed E-state index contributed by atoms with van der Waals surface area (Å²) in [6, 6.07) is 15.3. The first-order valence-electron chi connectivity index (χ1n) is 6.60. The molecule has 0 saturated heterocycles. The van der Waals surface area contributed by atoms with Crippen LogP contribution in [-0.2, 0) is 6.54 Å². The first-order chi connectivity index (χ1) is 10.2. The number of benzene rings is 2.